The highest BCUT2D eigenvalue weighted by Crippen LogP contribution is 2.64. The molecular weight excluding hydrogens is 589 g/mol. The minimum atomic E-state index is 0.230. The molecule has 7 atom stereocenters. The van der Waals surface area contributed by atoms with E-state index in [2.05, 4.69) is 94.0 Å². The fraction of sp³-hybridized carbons (Fsp3) is 0.918. The van der Waals surface area contributed by atoms with E-state index >= 15 is 0 Å². The normalized spacial score (nSPS) is 17.8. The summed E-state index contributed by atoms with van der Waals surface area (Å²) < 4.78 is 0. The summed E-state index contributed by atoms with van der Waals surface area (Å²) in [6, 6.07) is 0. The highest BCUT2D eigenvalue weighted by atomic mass is 14.6. The number of allylic oxidation sites excluding steroid dienone is 3. The van der Waals surface area contributed by atoms with Crippen LogP contribution in [0.3, 0.4) is 0 Å². The van der Waals surface area contributed by atoms with Crippen LogP contribution in [0.15, 0.2) is 24.8 Å². The average Bonchev–Trinajstić information content (AvgIpc) is 3.08. The SMILES string of the molecule is C=CCC(CC(CCC)CCCCC)C(C=CC)(CCC)C(CCC)(CC(CCC)CCCCC)C(CCC)CC(CCC)CCCCC. The van der Waals surface area contributed by atoms with E-state index in [1.165, 1.54) is 180 Å². The average molecular weight is 685 g/mol. The fourth-order valence-corrected chi connectivity index (χ4v) is 11.1. The summed E-state index contributed by atoms with van der Waals surface area (Å²) in [6.45, 7) is 29.0. The molecule has 0 aromatic carbocycles. The number of hydrogen-bond acceptors (Lipinski definition) is 0. The van der Waals surface area contributed by atoms with Crippen LogP contribution in [0.5, 0.6) is 0 Å². The van der Waals surface area contributed by atoms with Crippen LogP contribution in [-0.2, 0) is 0 Å². The molecule has 0 amide bonds. The van der Waals surface area contributed by atoms with E-state index in [1.807, 2.05) is 0 Å². The molecule has 7 unspecified atom stereocenters. The Hall–Kier alpha value is -0.520. The Balaban J connectivity index is 7.83. The van der Waals surface area contributed by atoms with Crippen molar-refractivity contribution < 1.29 is 0 Å². The Morgan fingerprint density at radius 1 is 0.469 bits per heavy atom. The zero-order chi connectivity index (χ0) is 36.8. The van der Waals surface area contributed by atoms with Crippen molar-refractivity contribution in [3.8, 4) is 0 Å². The molecule has 0 radical (unpaired) electrons. The topological polar surface area (TPSA) is 0 Å². The predicted molar refractivity (Wildman–Crippen MR) is 228 cm³/mol. The van der Waals surface area contributed by atoms with E-state index in [9.17, 15) is 0 Å². The Morgan fingerprint density at radius 3 is 1.33 bits per heavy atom. The second-order valence-electron chi connectivity index (χ2n) is 17.0. The van der Waals surface area contributed by atoms with Crippen molar-refractivity contribution in [1.29, 1.82) is 0 Å². The summed E-state index contributed by atoms with van der Waals surface area (Å²) in [7, 11) is 0. The molecular formula is C49H96. The number of hydrogen-bond donors (Lipinski definition) is 0. The molecule has 0 fully saturated rings. The molecule has 0 N–H and O–H groups in total. The Morgan fingerprint density at radius 2 is 0.918 bits per heavy atom. The van der Waals surface area contributed by atoms with Gasteiger partial charge in [-0.2, -0.15) is 0 Å². The first kappa shape index (κ1) is 48.5. The Kier molecular flexibility index (Phi) is 30.7. The van der Waals surface area contributed by atoms with Crippen molar-refractivity contribution >= 4 is 0 Å². The molecule has 0 saturated carbocycles. The maximum absolute atomic E-state index is 4.50. The van der Waals surface area contributed by atoms with Crippen LogP contribution in [0.1, 0.15) is 249 Å². The van der Waals surface area contributed by atoms with Gasteiger partial charge in [0.15, 0.2) is 0 Å². The van der Waals surface area contributed by atoms with Gasteiger partial charge in [-0.3, -0.25) is 0 Å². The van der Waals surface area contributed by atoms with Crippen LogP contribution >= 0.6 is 0 Å². The lowest BCUT2D eigenvalue weighted by molar-refractivity contribution is -0.0844. The van der Waals surface area contributed by atoms with E-state index in [1.54, 1.807) is 0 Å². The van der Waals surface area contributed by atoms with Crippen LogP contribution in [0.25, 0.3) is 0 Å². The second kappa shape index (κ2) is 31.0. The van der Waals surface area contributed by atoms with Crippen LogP contribution in [0.4, 0.5) is 0 Å². The Labute approximate surface area is 313 Å². The molecule has 0 aromatic heterocycles. The lowest BCUT2D eigenvalue weighted by Gasteiger charge is -2.60. The summed E-state index contributed by atoms with van der Waals surface area (Å²) in [5.74, 6) is 4.09. The van der Waals surface area contributed by atoms with Crippen molar-refractivity contribution in [2.75, 3.05) is 0 Å². The van der Waals surface area contributed by atoms with Crippen LogP contribution in [-0.4, -0.2) is 0 Å². The van der Waals surface area contributed by atoms with Crippen molar-refractivity contribution in [1.82, 2.24) is 0 Å². The van der Waals surface area contributed by atoms with Crippen LogP contribution < -0.4 is 0 Å². The third-order valence-corrected chi connectivity index (χ3v) is 13.0. The van der Waals surface area contributed by atoms with Gasteiger partial charge in [-0.25, -0.2) is 0 Å². The summed E-state index contributed by atoms with van der Waals surface area (Å²) in [5.41, 5.74) is 0.575. The molecule has 0 bridgehead atoms. The lowest BCUT2D eigenvalue weighted by Crippen LogP contribution is -2.52. The van der Waals surface area contributed by atoms with E-state index in [-0.39, 0.29) is 5.41 Å². The van der Waals surface area contributed by atoms with Crippen LogP contribution in [0, 0.1) is 40.4 Å². The zero-order valence-electron chi connectivity index (χ0n) is 36.1. The third-order valence-electron chi connectivity index (χ3n) is 13.0. The van der Waals surface area contributed by atoms with E-state index < -0.39 is 0 Å². The van der Waals surface area contributed by atoms with Crippen molar-refractivity contribution in [3.63, 3.8) is 0 Å². The fourth-order valence-electron chi connectivity index (χ4n) is 11.1. The maximum Gasteiger partial charge on any atom is -0.00280 e. The smallest absolute Gasteiger partial charge is 0.00280 e. The molecule has 0 heterocycles. The van der Waals surface area contributed by atoms with Crippen LogP contribution in [0.2, 0.25) is 0 Å². The third kappa shape index (κ3) is 17.2. The van der Waals surface area contributed by atoms with Crippen molar-refractivity contribution in [3.05, 3.63) is 24.8 Å². The summed E-state index contributed by atoms with van der Waals surface area (Å²) in [4.78, 5) is 0. The maximum atomic E-state index is 4.50. The molecule has 0 aromatic rings. The van der Waals surface area contributed by atoms with Gasteiger partial charge in [0, 0.05) is 0 Å². The predicted octanol–water partition coefficient (Wildman–Crippen LogP) is 17.9. The summed E-state index contributed by atoms with van der Waals surface area (Å²) in [5, 5.41) is 0. The molecule has 0 heteroatoms. The van der Waals surface area contributed by atoms with Crippen molar-refractivity contribution in [2.45, 2.75) is 249 Å². The first-order chi connectivity index (χ1) is 23.8. The summed E-state index contributed by atoms with van der Waals surface area (Å²) in [6.07, 6.45) is 46.5. The summed E-state index contributed by atoms with van der Waals surface area (Å²) >= 11 is 0. The monoisotopic (exact) mass is 685 g/mol. The second-order valence-corrected chi connectivity index (χ2v) is 17.0. The minimum Gasteiger partial charge on any atom is -0.103 e. The zero-order valence-corrected chi connectivity index (χ0v) is 36.1. The van der Waals surface area contributed by atoms with Gasteiger partial charge < -0.3 is 0 Å². The molecule has 0 saturated heterocycles. The molecule has 0 aliphatic rings. The standard InChI is InChI=1S/C49H96/c1-12-23-26-34-43(29-15-4)40-46(32-18-7)48(37-20-9,38-21-10)49(39-22-11,42-45(31-17-6)36-28-25-14-3)47(33-19-8)41-44(30-16-5)35-27-24-13-2/h18,20,37,43-47H,7,12-17,19,21-36,38-42H2,1-6,8-11H3. The van der Waals surface area contributed by atoms with Gasteiger partial charge in [0.1, 0.15) is 0 Å². The largest absolute Gasteiger partial charge is 0.103 e. The van der Waals surface area contributed by atoms with Gasteiger partial charge in [-0.05, 0) is 85.9 Å². The number of unbranched alkanes of at least 4 members (excludes halogenated alkanes) is 6. The highest BCUT2D eigenvalue weighted by molar-refractivity contribution is 5.15. The first-order valence-electron chi connectivity index (χ1n) is 23.1. The van der Waals surface area contributed by atoms with E-state index in [4.69, 9.17) is 0 Å². The van der Waals surface area contributed by atoms with Gasteiger partial charge in [-0.1, -0.05) is 222 Å². The van der Waals surface area contributed by atoms with E-state index in [0.717, 1.165) is 23.7 Å². The molecule has 49 heavy (non-hydrogen) atoms. The van der Waals surface area contributed by atoms with Gasteiger partial charge in [0.25, 0.3) is 0 Å². The van der Waals surface area contributed by atoms with Gasteiger partial charge in [0.05, 0.1) is 0 Å². The minimum absolute atomic E-state index is 0.230. The highest BCUT2D eigenvalue weighted by Gasteiger charge is 2.56. The van der Waals surface area contributed by atoms with Gasteiger partial charge in [0.2, 0.25) is 0 Å². The van der Waals surface area contributed by atoms with Crippen molar-refractivity contribution in [2.24, 2.45) is 40.4 Å². The van der Waals surface area contributed by atoms with Gasteiger partial charge in [-0.15, -0.1) is 6.58 Å². The molecule has 0 aliphatic heterocycles. The first-order valence-corrected chi connectivity index (χ1v) is 23.1. The molecule has 0 rings (SSSR count). The quantitative estimate of drug-likeness (QED) is 0.0455. The molecule has 0 aliphatic carbocycles. The molecule has 0 nitrogen and oxygen atoms in total. The van der Waals surface area contributed by atoms with Gasteiger partial charge >= 0.3 is 0 Å². The number of rotatable bonds is 36. The molecule has 292 valence electrons. The lowest BCUT2D eigenvalue weighted by atomic mass is 9.44. The van der Waals surface area contributed by atoms with E-state index in [0.29, 0.717) is 11.3 Å². The molecule has 0 spiro atoms. The Bertz CT molecular complexity index is 747.